The number of halogens is 1. The first-order valence-corrected chi connectivity index (χ1v) is 9.00. The normalized spacial score (nSPS) is 15.5. The Morgan fingerprint density at radius 2 is 2.08 bits per heavy atom. The van der Waals surface area contributed by atoms with Crippen LogP contribution in [0.15, 0.2) is 18.3 Å². The van der Waals surface area contributed by atoms with Gasteiger partial charge in [0.25, 0.3) is 0 Å². The van der Waals surface area contributed by atoms with Gasteiger partial charge >= 0.3 is 5.97 Å². The monoisotopic (exact) mass is 346 g/mol. The SMILES string of the molecule is CCOC(=O)c1cnc2c(C)cc(Cl)cc2c1NC1CCCCC1. The Balaban J connectivity index is 2.11. The Morgan fingerprint density at radius 1 is 1.33 bits per heavy atom. The van der Waals surface area contributed by atoms with Crippen molar-refractivity contribution in [3.05, 3.63) is 34.5 Å². The number of carbonyl (C=O) groups excluding carboxylic acids is 1. The number of hydrogen-bond donors (Lipinski definition) is 1. The molecule has 0 amide bonds. The summed E-state index contributed by atoms with van der Waals surface area (Å²) in [5.74, 6) is -0.345. The van der Waals surface area contributed by atoms with Gasteiger partial charge in [-0.2, -0.15) is 0 Å². The molecule has 0 atom stereocenters. The van der Waals surface area contributed by atoms with Crippen LogP contribution in [0.5, 0.6) is 0 Å². The average Bonchev–Trinajstić information content (AvgIpc) is 2.56. The molecule has 5 heteroatoms. The minimum absolute atomic E-state index is 0.342. The maximum atomic E-state index is 12.4. The van der Waals surface area contributed by atoms with Crippen molar-refractivity contribution in [2.24, 2.45) is 0 Å². The van der Waals surface area contributed by atoms with Crippen LogP contribution in [0.4, 0.5) is 5.69 Å². The summed E-state index contributed by atoms with van der Waals surface area (Å²) >= 11 is 6.26. The molecule has 24 heavy (non-hydrogen) atoms. The first kappa shape index (κ1) is 17.0. The van der Waals surface area contributed by atoms with Crippen molar-refractivity contribution in [3.63, 3.8) is 0 Å². The van der Waals surface area contributed by atoms with Crippen molar-refractivity contribution in [2.75, 3.05) is 11.9 Å². The summed E-state index contributed by atoms with van der Waals surface area (Å²) in [6, 6.07) is 4.15. The number of hydrogen-bond acceptors (Lipinski definition) is 4. The van der Waals surface area contributed by atoms with Gasteiger partial charge in [-0.3, -0.25) is 4.98 Å². The molecule has 0 saturated heterocycles. The fraction of sp³-hybridized carbons (Fsp3) is 0.474. The lowest BCUT2D eigenvalue weighted by Crippen LogP contribution is -2.24. The van der Waals surface area contributed by atoms with E-state index in [-0.39, 0.29) is 5.97 Å². The number of aryl methyl sites for hydroxylation is 1. The van der Waals surface area contributed by atoms with Gasteiger partial charge in [-0.25, -0.2) is 4.79 Å². The zero-order chi connectivity index (χ0) is 17.1. The zero-order valence-electron chi connectivity index (χ0n) is 14.2. The summed E-state index contributed by atoms with van der Waals surface area (Å²) in [5.41, 5.74) is 3.15. The van der Waals surface area contributed by atoms with Crippen LogP contribution in [0.2, 0.25) is 5.02 Å². The third-order valence-electron chi connectivity index (χ3n) is 4.58. The van der Waals surface area contributed by atoms with Crippen LogP contribution in [0.3, 0.4) is 0 Å². The molecule has 0 radical (unpaired) electrons. The highest BCUT2D eigenvalue weighted by molar-refractivity contribution is 6.31. The molecule has 128 valence electrons. The molecule has 1 aromatic carbocycles. The van der Waals surface area contributed by atoms with Crippen LogP contribution in [0.25, 0.3) is 10.9 Å². The van der Waals surface area contributed by atoms with Crippen LogP contribution >= 0.6 is 11.6 Å². The molecule has 0 spiro atoms. The molecular formula is C19H23ClN2O2. The molecule has 4 nitrogen and oxygen atoms in total. The number of benzene rings is 1. The second-order valence-electron chi connectivity index (χ2n) is 6.37. The molecule has 3 rings (SSSR count). The van der Waals surface area contributed by atoms with Crippen molar-refractivity contribution in [2.45, 2.75) is 52.0 Å². The van der Waals surface area contributed by atoms with E-state index in [1.165, 1.54) is 19.3 Å². The molecule has 1 aliphatic rings. The van der Waals surface area contributed by atoms with Crippen LogP contribution in [0, 0.1) is 6.92 Å². The molecule has 0 bridgehead atoms. The van der Waals surface area contributed by atoms with Crippen LogP contribution in [0.1, 0.15) is 54.9 Å². The summed E-state index contributed by atoms with van der Waals surface area (Å²) in [5, 5.41) is 5.12. The number of rotatable bonds is 4. The predicted molar refractivity (Wildman–Crippen MR) is 97.9 cm³/mol. The molecule has 0 unspecified atom stereocenters. The van der Waals surface area contributed by atoms with E-state index in [9.17, 15) is 4.79 Å². The third-order valence-corrected chi connectivity index (χ3v) is 4.79. The van der Waals surface area contributed by atoms with Gasteiger partial charge in [-0.15, -0.1) is 0 Å². The third kappa shape index (κ3) is 3.48. The maximum Gasteiger partial charge on any atom is 0.341 e. The van der Waals surface area contributed by atoms with E-state index < -0.39 is 0 Å². The first-order chi connectivity index (χ1) is 11.6. The summed E-state index contributed by atoms with van der Waals surface area (Å²) in [4.78, 5) is 16.9. The van der Waals surface area contributed by atoms with Gasteiger partial charge in [0.1, 0.15) is 5.56 Å². The number of pyridine rings is 1. The van der Waals surface area contributed by atoms with E-state index in [4.69, 9.17) is 16.3 Å². The molecule has 1 heterocycles. The van der Waals surface area contributed by atoms with Gasteiger partial charge in [0.2, 0.25) is 0 Å². The number of ether oxygens (including phenoxy) is 1. The van der Waals surface area contributed by atoms with E-state index >= 15 is 0 Å². The van der Waals surface area contributed by atoms with E-state index in [0.717, 1.165) is 35.0 Å². The number of nitrogens with zero attached hydrogens (tertiary/aromatic N) is 1. The van der Waals surface area contributed by atoms with E-state index in [1.807, 2.05) is 26.0 Å². The van der Waals surface area contributed by atoms with Gasteiger partial charge < -0.3 is 10.1 Å². The van der Waals surface area contributed by atoms with E-state index in [0.29, 0.717) is 23.2 Å². The number of esters is 1. The van der Waals surface area contributed by atoms with Crippen LogP contribution in [-0.2, 0) is 4.74 Å². The van der Waals surface area contributed by atoms with Crippen molar-refractivity contribution < 1.29 is 9.53 Å². The quantitative estimate of drug-likeness (QED) is 0.781. The van der Waals surface area contributed by atoms with Crippen LogP contribution in [-0.4, -0.2) is 23.6 Å². The van der Waals surface area contributed by atoms with Gasteiger partial charge in [-0.05, 0) is 44.4 Å². The molecule has 1 aromatic heterocycles. The summed E-state index contributed by atoms with van der Waals surface area (Å²) in [6.45, 7) is 4.13. The number of anilines is 1. The summed E-state index contributed by atoms with van der Waals surface area (Å²) in [6.07, 6.45) is 7.57. The lowest BCUT2D eigenvalue weighted by molar-refractivity contribution is 0.0527. The lowest BCUT2D eigenvalue weighted by atomic mass is 9.94. The highest BCUT2D eigenvalue weighted by Crippen LogP contribution is 2.33. The number of nitrogens with one attached hydrogen (secondary N) is 1. The minimum Gasteiger partial charge on any atom is -0.462 e. The zero-order valence-corrected chi connectivity index (χ0v) is 14.9. The molecule has 1 aliphatic carbocycles. The molecule has 1 fully saturated rings. The largest absolute Gasteiger partial charge is 0.462 e. The van der Waals surface area contributed by atoms with Crippen molar-refractivity contribution in [1.29, 1.82) is 0 Å². The van der Waals surface area contributed by atoms with E-state index in [1.54, 1.807) is 6.20 Å². The Bertz CT molecular complexity index is 755. The average molecular weight is 347 g/mol. The summed E-state index contributed by atoms with van der Waals surface area (Å²) < 4.78 is 5.22. The smallest absolute Gasteiger partial charge is 0.341 e. The Hall–Kier alpha value is -1.81. The van der Waals surface area contributed by atoms with Gasteiger partial charge in [-0.1, -0.05) is 30.9 Å². The van der Waals surface area contributed by atoms with Crippen molar-refractivity contribution in [1.82, 2.24) is 4.98 Å². The maximum absolute atomic E-state index is 12.4. The fourth-order valence-corrected chi connectivity index (χ4v) is 3.68. The summed E-state index contributed by atoms with van der Waals surface area (Å²) in [7, 11) is 0. The Morgan fingerprint density at radius 3 is 2.79 bits per heavy atom. The number of carbonyl (C=O) groups is 1. The lowest BCUT2D eigenvalue weighted by Gasteiger charge is -2.26. The molecule has 2 aromatic rings. The van der Waals surface area contributed by atoms with Gasteiger partial charge in [0, 0.05) is 22.6 Å². The predicted octanol–water partition coefficient (Wildman–Crippen LogP) is 5.12. The number of fused-ring (bicyclic) bond motifs is 1. The van der Waals surface area contributed by atoms with Crippen molar-refractivity contribution in [3.8, 4) is 0 Å². The second-order valence-corrected chi connectivity index (χ2v) is 6.80. The van der Waals surface area contributed by atoms with E-state index in [2.05, 4.69) is 10.3 Å². The topological polar surface area (TPSA) is 51.2 Å². The fourth-order valence-electron chi connectivity index (χ4n) is 3.41. The Labute approximate surface area is 147 Å². The van der Waals surface area contributed by atoms with Gasteiger partial charge in [0.15, 0.2) is 0 Å². The van der Waals surface area contributed by atoms with Crippen molar-refractivity contribution >= 4 is 34.2 Å². The Kier molecular flexibility index (Phi) is 5.24. The standard InChI is InChI=1S/C19H23ClN2O2/c1-3-24-19(23)16-11-21-17-12(2)9-13(20)10-15(17)18(16)22-14-7-5-4-6-8-14/h9-11,14H,3-8H2,1-2H3,(H,21,22). The first-order valence-electron chi connectivity index (χ1n) is 8.62. The van der Waals surface area contributed by atoms with Gasteiger partial charge in [0.05, 0.1) is 17.8 Å². The minimum atomic E-state index is -0.345. The molecule has 0 aliphatic heterocycles. The highest BCUT2D eigenvalue weighted by atomic mass is 35.5. The second kappa shape index (κ2) is 7.39. The van der Waals surface area contributed by atoms with Crippen LogP contribution < -0.4 is 5.32 Å². The molecular weight excluding hydrogens is 324 g/mol. The molecule has 1 N–H and O–H groups in total. The highest BCUT2D eigenvalue weighted by Gasteiger charge is 2.21. The number of aromatic nitrogens is 1. The molecule has 1 saturated carbocycles.